The smallest absolute Gasteiger partial charge is 0.134 e. The van der Waals surface area contributed by atoms with Crippen molar-refractivity contribution in [2.24, 2.45) is 4.99 Å². The average molecular weight is 344 g/mol. The lowest BCUT2D eigenvalue weighted by atomic mass is 10.1. The largest absolute Gasteiger partial charge is 0.507 e. The molecule has 4 heteroatoms. The Morgan fingerprint density at radius 3 is 2.56 bits per heavy atom. The van der Waals surface area contributed by atoms with Crippen LogP contribution >= 0.6 is 11.3 Å². The predicted molar refractivity (Wildman–Crippen MR) is 104 cm³/mol. The van der Waals surface area contributed by atoms with Gasteiger partial charge in [-0.2, -0.15) is 0 Å². The van der Waals surface area contributed by atoms with Gasteiger partial charge in [0.25, 0.3) is 0 Å². The number of aromatic nitrogens is 1. The van der Waals surface area contributed by atoms with Gasteiger partial charge in [-0.25, -0.2) is 4.98 Å². The summed E-state index contributed by atoms with van der Waals surface area (Å²) >= 11 is 1.58. The van der Waals surface area contributed by atoms with Crippen molar-refractivity contribution in [1.82, 2.24) is 4.98 Å². The molecule has 4 rings (SSSR count). The summed E-state index contributed by atoms with van der Waals surface area (Å²) < 4.78 is 1.11. The van der Waals surface area contributed by atoms with Gasteiger partial charge in [-0.15, -0.1) is 11.3 Å². The van der Waals surface area contributed by atoms with Gasteiger partial charge in [0, 0.05) is 11.8 Å². The number of benzene rings is 3. The molecular formula is C21H16N2OS. The first-order valence-corrected chi connectivity index (χ1v) is 8.84. The van der Waals surface area contributed by atoms with E-state index in [4.69, 9.17) is 0 Å². The van der Waals surface area contributed by atoms with Crippen LogP contribution in [0, 0.1) is 0 Å². The number of hydrogen-bond acceptors (Lipinski definition) is 4. The second-order valence-electron chi connectivity index (χ2n) is 5.69. The summed E-state index contributed by atoms with van der Waals surface area (Å²) in [6, 6.07) is 23.7. The third-order valence-electron chi connectivity index (χ3n) is 3.94. The number of fused-ring (bicyclic) bond motifs is 1. The minimum Gasteiger partial charge on any atom is -0.507 e. The molecule has 0 aliphatic heterocycles. The minimum absolute atomic E-state index is 0.221. The molecule has 0 aliphatic carbocycles. The fourth-order valence-corrected chi connectivity index (χ4v) is 3.65. The second kappa shape index (κ2) is 6.87. The monoisotopic (exact) mass is 344 g/mol. The van der Waals surface area contributed by atoms with Crippen molar-refractivity contribution >= 4 is 27.8 Å². The molecular weight excluding hydrogens is 328 g/mol. The van der Waals surface area contributed by atoms with Crippen LogP contribution in [0.3, 0.4) is 0 Å². The van der Waals surface area contributed by atoms with E-state index in [2.05, 4.69) is 9.98 Å². The van der Waals surface area contributed by atoms with Gasteiger partial charge in [-0.1, -0.05) is 48.5 Å². The lowest BCUT2D eigenvalue weighted by Crippen LogP contribution is -1.88. The Balaban J connectivity index is 1.63. The highest BCUT2D eigenvalue weighted by Gasteiger charge is 2.12. The highest BCUT2D eigenvalue weighted by atomic mass is 32.1. The van der Waals surface area contributed by atoms with Crippen LogP contribution in [-0.4, -0.2) is 16.3 Å². The van der Waals surface area contributed by atoms with Crippen LogP contribution in [0.25, 0.3) is 20.8 Å². The van der Waals surface area contributed by atoms with Crippen molar-refractivity contribution in [3.05, 3.63) is 83.9 Å². The zero-order valence-corrected chi connectivity index (χ0v) is 14.3. The Morgan fingerprint density at radius 1 is 0.920 bits per heavy atom. The van der Waals surface area contributed by atoms with E-state index in [9.17, 15) is 5.11 Å². The highest BCUT2D eigenvalue weighted by molar-refractivity contribution is 7.21. The maximum atomic E-state index is 10.6. The van der Waals surface area contributed by atoms with Crippen LogP contribution in [0.15, 0.2) is 77.8 Å². The number of para-hydroxylation sites is 2. The zero-order valence-electron chi connectivity index (χ0n) is 13.5. The molecule has 0 atom stereocenters. The normalized spacial score (nSPS) is 11.4. The van der Waals surface area contributed by atoms with E-state index in [1.807, 2.05) is 72.8 Å². The molecule has 0 bridgehead atoms. The van der Waals surface area contributed by atoms with E-state index in [0.29, 0.717) is 12.1 Å². The van der Waals surface area contributed by atoms with Crippen molar-refractivity contribution < 1.29 is 5.11 Å². The second-order valence-corrected chi connectivity index (χ2v) is 6.72. The Morgan fingerprint density at radius 2 is 1.72 bits per heavy atom. The first kappa shape index (κ1) is 15.5. The Labute approximate surface area is 150 Å². The summed E-state index contributed by atoms with van der Waals surface area (Å²) in [4.78, 5) is 9.08. The summed E-state index contributed by atoms with van der Waals surface area (Å²) in [6.07, 6.45) is 1.72. The number of thiazole rings is 1. The van der Waals surface area contributed by atoms with Crippen molar-refractivity contribution in [2.45, 2.75) is 6.54 Å². The van der Waals surface area contributed by atoms with Crippen LogP contribution in [0.2, 0.25) is 0 Å². The summed E-state index contributed by atoms with van der Waals surface area (Å²) in [5.41, 5.74) is 3.53. The maximum absolute atomic E-state index is 10.6. The molecule has 1 heterocycles. The fourth-order valence-electron chi connectivity index (χ4n) is 2.66. The van der Waals surface area contributed by atoms with Gasteiger partial charge in [0.1, 0.15) is 10.8 Å². The summed E-state index contributed by atoms with van der Waals surface area (Å²) in [6.45, 7) is 0.589. The lowest BCUT2D eigenvalue weighted by molar-refractivity contribution is 0.476. The Hall–Kier alpha value is -2.98. The fraction of sp³-hybridized carbons (Fsp3) is 0.0476. The molecule has 1 aromatic heterocycles. The molecule has 3 aromatic carbocycles. The van der Waals surface area contributed by atoms with E-state index in [0.717, 1.165) is 26.4 Å². The number of aromatic hydroxyl groups is 1. The number of nitrogens with zero attached hydrogens (tertiary/aromatic N) is 2. The number of aliphatic imine (C=N–C) groups is 1. The Kier molecular flexibility index (Phi) is 4.27. The van der Waals surface area contributed by atoms with Crippen LogP contribution in [0.4, 0.5) is 0 Å². The molecule has 0 amide bonds. The molecule has 0 saturated heterocycles. The standard InChI is InChI=1S/C21H16N2OS/c24-20-16(14-22-13-15-7-2-1-3-8-15)9-6-10-17(20)21-23-18-11-4-5-12-19(18)25-21/h1-12,14,24H,13H2. The van der Waals surface area contributed by atoms with E-state index < -0.39 is 0 Å². The average Bonchev–Trinajstić information content (AvgIpc) is 3.08. The quantitative estimate of drug-likeness (QED) is 0.511. The summed E-state index contributed by atoms with van der Waals surface area (Å²) in [5, 5.41) is 11.5. The molecule has 4 aromatic rings. The zero-order chi connectivity index (χ0) is 17.1. The van der Waals surface area contributed by atoms with Crippen molar-refractivity contribution in [3.8, 4) is 16.3 Å². The molecule has 0 fully saturated rings. The molecule has 0 unspecified atom stereocenters. The number of rotatable bonds is 4. The minimum atomic E-state index is 0.221. The highest BCUT2D eigenvalue weighted by Crippen LogP contribution is 2.36. The SMILES string of the molecule is Oc1c(C=NCc2ccccc2)cccc1-c1nc2ccccc2s1. The first-order valence-electron chi connectivity index (χ1n) is 8.03. The number of hydrogen-bond donors (Lipinski definition) is 1. The predicted octanol–water partition coefficient (Wildman–Crippen LogP) is 5.29. The molecule has 0 spiro atoms. The third kappa shape index (κ3) is 3.30. The van der Waals surface area contributed by atoms with Crippen LogP contribution in [0.5, 0.6) is 5.75 Å². The van der Waals surface area contributed by atoms with E-state index in [-0.39, 0.29) is 5.75 Å². The molecule has 1 N–H and O–H groups in total. The topological polar surface area (TPSA) is 45.5 Å². The van der Waals surface area contributed by atoms with Crippen LogP contribution < -0.4 is 0 Å². The van der Waals surface area contributed by atoms with E-state index in [1.165, 1.54) is 0 Å². The number of phenols is 1. The van der Waals surface area contributed by atoms with Gasteiger partial charge >= 0.3 is 0 Å². The molecule has 0 aliphatic rings. The molecule has 122 valence electrons. The van der Waals surface area contributed by atoms with Crippen molar-refractivity contribution in [1.29, 1.82) is 0 Å². The maximum Gasteiger partial charge on any atom is 0.134 e. The Bertz CT molecular complexity index is 1010. The van der Waals surface area contributed by atoms with Crippen LogP contribution in [-0.2, 0) is 6.54 Å². The number of phenolic OH excluding ortho intramolecular Hbond substituents is 1. The van der Waals surface area contributed by atoms with Crippen molar-refractivity contribution in [3.63, 3.8) is 0 Å². The molecule has 25 heavy (non-hydrogen) atoms. The van der Waals surface area contributed by atoms with Gasteiger partial charge in [0.2, 0.25) is 0 Å². The van der Waals surface area contributed by atoms with E-state index >= 15 is 0 Å². The molecule has 0 saturated carbocycles. The lowest BCUT2D eigenvalue weighted by Gasteiger charge is -2.04. The van der Waals surface area contributed by atoms with Crippen LogP contribution in [0.1, 0.15) is 11.1 Å². The molecule has 3 nitrogen and oxygen atoms in total. The van der Waals surface area contributed by atoms with Gasteiger partial charge in [0.15, 0.2) is 0 Å². The van der Waals surface area contributed by atoms with Gasteiger partial charge in [-0.3, -0.25) is 4.99 Å². The third-order valence-corrected chi connectivity index (χ3v) is 5.01. The van der Waals surface area contributed by atoms with E-state index in [1.54, 1.807) is 17.6 Å². The first-order chi connectivity index (χ1) is 12.3. The van der Waals surface area contributed by atoms with Gasteiger partial charge < -0.3 is 5.11 Å². The summed E-state index contributed by atoms with van der Waals surface area (Å²) in [7, 11) is 0. The van der Waals surface area contributed by atoms with Gasteiger partial charge in [0.05, 0.1) is 22.3 Å². The molecule has 0 radical (unpaired) electrons. The van der Waals surface area contributed by atoms with Crippen molar-refractivity contribution in [2.75, 3.05) is 0 Å². The summed E-state index contributed by atoms with van der Waals surface area (Å²) in [5.74, 6) is 0.221. The van der Waals surface area contributed by atoms with Gasteiger partial charge in [-0.05, 0) is 29.8 Å².